The van der Waals surface area contributed by atoms with E-state index in [-0.39, 0.29) is 5.56 Å². The van der Waals surface area contributed by atoms with Crippen molar-refractivity contribution in [3.05, 3.63) is 29.6 Å². The standard InChI is InChI=1S/C15H20FNO/c1-3-15(4-2)8-9-17(11-15)14-7-5-6-13(16)12(14)10-18/h5-7,10H,3-4,8-9,11H2,1-2H3. The second-order valence-electron chi connectivity index (χ2n) is 5.17. The molecule has 98 valence electrons. The van der Waals surface area contributed by atoms with Crippen LogP contribution in [0, 0.1) is 11.2 Å². The van der Waals surface area contributed by atoms with Crippen LogP contribution >= 0.6 is 0 Å². The molecule has 0 radical (unpaired) electrons. The van der Waals surface area contributed by atoms with Crippen LogP contribution in [0.4, 0.5) is 10.1 Å². The van der Waals surface area contributed by atoms with Crippen molar-refractivity contribution in [3.8, 4) is 0 Å². The molecule has 0 unspecified atom stereocenters. The lowest BCUT2D eigenvalue weighted by molar-refractivity contribution is 0.112. The first-order valence-electron chi connectivity index (χ1n) is 6.64. The van der Waals surface area contributed by atoms with Crippen LogP contribution in [0.3, 0.4) is 0 Å². The maximum absolute atomic E-state index is 13.6. The van der Waals surface area contributed by atoms with Gasteiger partial charge in [-0.15, -0.1) is 0 Å². The molecule has 1 heterocycles. The Kier molecular flexibility index (Phi) is 3.69. The van der Waals surface area contributed by atoms with Crippen molar-refractivity contribution in [2.75, 3.05) is 18.0 Å². The maximum atomic E-state index is 13.6. The minimum absolute atomic E-state index is 0.195. The molecule has 0 atom stereocenters. The van der Waals surface area contributed by atoms with E-state index in [1.807, 2.05) is 6.07 Å². The fraction of sp³-hybridized carbons (Fsp3) is 0.533. The molecule has 0 aliphatic carbocycles. The second kappa shape index (κ2) is 5.09. The highest BCUT2D eigenvalue weighted by atomic mass is 19.1. The zero-order valence-corrected chi connectivity index (χ0v) is 11.1. The van der Waals surface area contributed by atoms with E-state index in [4.69, 9.17) is 0 Å². The van der Waals surface area contributed by atoms with Crippen LogP contribution in [0.2, 0.25) is 0 Å². The third kappa shape index (κ3) is 2.14. The summed E-state index contributed by atoms with van der Waals surface area (Å²) in [5, 5.41) is 0. The lowest BCUT2D eigenvalue weighted by atomic mass is 9.82. The summed E-state index contributed by atoms with van der Waals surface area (Å²) in [5.41, 5.74) is 1.27. The van der Waals surface area contributed by atoms with E-state index in [1.165, 1.54) is 6.07 Å². The maximum Gasteiger partial charge on any atom is 0.155 e. The summed E-state index contributed by atoms with van der Waals surface area (Å²) in [6.07, 6.45) is 4.01. The molecule has 0 N–H and O–H groups in total. The third-order valence-corrected chi connectivity index (χ3v) is 4.43. The lowest BCUT2D eigenvalue weighted by Crippen LogP contribution is -2.27. The quantitative estimate of drug-likeness (QED) is 0.759. The van der Waals surface area contributed by atoms with Crippen molar-refractivity contribution in [3.63, 3.8) is 0 Å². The van der Waals surface area contributed by atoms with Gasteiger partial charge in [0.25, 0.3) is 0 Å². The zero-order chi connectivity index (χ0) is 13.2. The van der Waals surface area contributed by atoms with Gasteiger partial charge in [0.15, 0.2) is 6.29 Å². The number of aldehydes is 1. The molecule has 1 saturated heterocycles. The SMILES string of the molecule is CCC1(CC)CCN(c2cccc(F)c2C=O)C1. The fourth-order valence-electron chi connectivity index (χ4n) is 2.89. The monoisotopic (exact) mass is 249 g/mol. The molecular formula is C15H20FNO. The number of rotatable bonds is 4. The molecule has 0 saturated carbocycles. The third-order valence-electron chi connectivity index (χ3n) is 4.43. The molecule has 1 fully saturated rings. The van der Waals surface area contributed by atoms with E-state index in [2.05, 4.69) is 18.7 Å². The molecule has 0 spiro atoms. The van der Waals surface area contributed by atoms with E-state index in [9.17, 15) is 9.18 Å². The predicted molar refractivity (Wildman–Crippen MR) is 71.6 cm³/mol. The first-order valence-corrected chi connectivity index (χ1v) is 6.64. The van der Waals surface area contributed by atoms with E-state index in [0.29, 0.717) is 11.7 Å². The number of hydrogen-bond donors (Lipinski definition) is 0. The Morgan fingerprint density at radius 1 is 1.39 bits per heavy atom. The minimum atomic E-state index is -0.423. The average molecular weight is 249 g/mol. The summed E-state index contributed by atoms with van der Waals surface area (Å²) in [6.45, 7) is 6.24. The molecule has 0 bridgehead atoms. The summed E-state index contributed by atoms with van der Waals surface area (Å²) in [5.74, 6) is -0.423. The van der Waals surface area contributed by atoms with Crippen LogP contribution in [-0.2, 0) is 0 Å². The molecule has 0 amide bonds. The number of carbonyl (C=O) groups excluding carboxylic acids is 1. The van der Waals surface area contributed by atoms with Crippen LogP contribution in [0.5, 0.6) is 0 Å². The number of hydrogen-bond acceptors (Lipinski definition) is 2. The van der Waals surface area contributed by atoms with Gasteiger partial charge >= 0.3 is 0 Å². The Morgan fingerprint density at radius 3 is 2.67 bits per heavy atom. The van der Waals surface area contributed by atoms with Gasteiger partial charge in [0.2, 0.25) is 0 Å². The second-order valence-corrected chi connectivity index (χ2v) is 5.17. The molecular weight excluding hydrogens is 229 g/mol. The van der Waals surface area contributed by atoms with E-state index in [1.54, 1.807) is 6.07 Å². The zero-order valence-electron chi connectivity index (χ0n) is 11.1. The van der Waals surface area contributed by atoms with Gasteiger partial charge in [0.1, 0.15) is 5.82 Å². The Bertz CT molecular complexity index is 440. The van der Waals surface area contributed by atoms with E-state index >= 15 is 0 Å². The summed E-state index contributed by atoms with van der Waals surface area (Å²) in [4.78, 5) is 13.2. The molecule has 2 rings (SSSR count). The van der Waals surface area contributed by atoms with Crippen molar-refractivity contribution in [1.82, 2.24) is 0 Å². The first kappa shape index (κ1) is 13.1. The van der Waals surface area contributed by atoms with Crippen LogP contribution in [0.25, 0.3) is 0 Å². The molecule has 0 aromatic heterocycles. The molecule has 18 heavy (non-hydrogen) atoms. The van der Waals surface area contributed by atoms with Crippen LogP contribution < -0.4 is 4.90 Å². The summed E-state index contributed by atoms with van der Waals surface area (Å²) in [7, 11) is 0. The van der Waals surface area contributed by atoms with Crippen molar-refractivity contribution in [1.29, 1.82) is 0 Å². The predicted octanol–water partition coefficient (Wildman–Crippen LogP) is 3.65. The topological polar surface area (TPSA) is 20.3 Å². The lowest BCUT2D eigenvalue weighted by Gasteiger charge is -2.27. The highest BCUT2D eigenvalue weighted by Gasteiger charge is 2.35. The molecule has 1 aromatic carbocycles. The summed E-state index contributed by atoms with van der Waals surface area (Å²) >= 11 is 0. The Labute approximate surface area is 108 Å². The number of benzene rings is 1. The van der Waals surface area contributed by atoms with Gasteiger partial charge < -0.3 is 4.90 Å². The Morgan fingerprint density at radius 2 is 2.11 bits per heavy atom. The van der Waals surface area contributed by atoms with E-state index < -0.39 is 5.82 Å². The highest BCUT2D eigenvalue weighted by Crippen LogP contribution is 2.39. The first-order chi connectivity index (χ1) is 8.65. The van der Waals surface area contributed by atoms with Gasteiger partial charge in [-0.1, -0.05) is 19.9 Å². The van der Waals surface area contributed by atoms with Crippen molar-refractivity contribution in [2.45, 2.75) is 33.1 Å². The summed E-state index contributed by atoms with van der Waals surface area (Å²) < 4.78 is 13.6. The van der Waals surface area contributed by atoms with Crippen LogP contribution in [0.1, 0.15) is 43.5 Å². The number of nitrogens with zero attached hydrogens (tertiary/aromatic N) is 1. The van der Waals surface area contributed by atoms with Gasteiger partial charge in [-0.05, 0) is 36.8 Å². The van der Waals surface area contributed by atoms with Crippen LogP contribution in [0.15, 0.2) is 18.2 Å². The molecule has 2 nitrogen and oxygen atoms in total. The number of carbonyl (C=O) groups is 1. The number of anilines is 1. The Balaban J connectivity index is 2.29. The van der Waals surface area contributed by atoms with Gasteiger partial charge in [-0.25, -0.2) is 4.39 Å². The van der Waals surface area contributed by atoms with E-state index in [0.717, 1.165) is 38.0 Å². The largest absolute Gasteiger partial charge is 0.370 e. The normalized spacial score (nSPS) is 18.1. The minimum Gasteiger partial charge on any atom is -0.370 e. The average Bonchev–Trinajstić information content (AvgIpc) is 2.83. The van der Waals surface area contributed by atoms with Gasteiger partial charge in [0, 0.05) is 13.1 Å². The molecule has 1 aliphatic rings. The van der Waals surface area contributed by atoms with Gasteiger partial charge in [-0.3, -0.25) is 4.79 Å². The molecule has 1 aromatic rings. The van der Waals surface area contributed by atoms with Crippen molar-refractivity contribution >= 4 is 12.0 Å². The van der Waals surface area contributed by atoms with Gasteiger partial charge in [0.05, 0.1) is 11.3 Å². The smallest absolute Gasteiger partial charge is 0.155 e. The molecule has 3 heteroatoms. The fourth-order valence-corrected chi connectivity index (χ4v) is 2.89. The van der Waals surface area contributed by atoms with Gasteiger partial charge in [-0.2, -0.15) is 0 Å². The van der Waals surface area contributed by atoms with Crippen LogP contribution in [-0.4, -0.2) is 19.4 Å². The summed E-state index contributed by atoms with van der Waals surface area (Å²) in [6, 6.07) is 4.86. The Hall–Kier alpha value is -1.38. The highest BCUT2D eigenvalue weighted by molar-refractivity contribution is 5.85. The van der Waals surface area contributed by atoms with Crippen molar-refractivity contribution < 1.29 is 9.18 Å². The molecule has 1 aliphatic heterocycles. The number of halogens is 1. The van der Waals surface area contributed by atoms with Crippen molar-refractivity contribution in [2.24, 2.45) is 5.41 Å².